The fourth-order valence-electron chi connectivity index (χ4n) is 2.47. The van der Waals surface area contributed by atoms with E-state index < -0.39 is 5.91 Å². The molecule has 0 radical (unpaired) electrons. The molecule has 0 bridgehead atoms. The van der Waals surface area contributed by atoms with Crippen LogP contribution in [0.5, 0.6) is 11.5 Å². The Balaban J connectivity index is 1.65. The van der Waals surface area contributed by atoms with Crippen LogP contribution in [0.1, 0.15) is 23.0 Å². The van der Waals surface area contributed by atoms with Crippen LogP contribution in [-0.2, 0) is 0 Å². The molecule has 7 nitrogen and oxygen atoms in total. The molecule has 8 heteroatoms. The summed E-state index contributed by atoms with van der Waals surface area (Å²) in [4.78, 5) is 12.2. The summed E-state index contributed by atoms with van der Waals surface area (Å²) in [5.41, 5.74) is 4.62. The first-order valence-corrected chi connectivity index (χ1v) is 8.56. The first kappa shape index (κ1) is 19.1. The van der Waals surface area contributed by atoms with E-state index in [0.29, 0.717) is 29.4 Å². The third kappa shape index (κ3) is 4.53. The van der Waals surface area contributed by atoms with Gasteiger partial charge in [0.2, 0.25) is 0 Å². The quantitative estimate of drug-likeness (QED) is 0.484. The SMILES string of the molecule is CCOc1ccc(C=NNC(=O)c2cc(-c3ccc(F)cc3)n[nH]2)cc1OC. The normalized spacial score (nSPS) is 10.8. The molecule has 0 spiro atoms. The number of hydrogen-bond acceptors (Lipinski definition) is 5. The van der Waals surface area contributed by atoms with Crippen molar-refractivity contribution in [3.05, 3.63) is 65.6 Å². The zero-order valence-corrected chi connectivity index (χ0v) is 15.4. The molecule has 0 saturated carbocycles. The number of amides is 1. The number of methoxy groups -OCH3 is 1. The topological polar surface area (TPSA) is 88.6 Å². The van der Waals surface area contributed by atoms with Gasteiger partial charge in [-0.25, -0.2) is 9.82 Å². The zero-order valence-electron chi connectivity index (χ0n) is 15.4. The summed E-state index contributed by atoms with van der Waals surface area (Å²) in [7, 11) is 1.55. The van der Waals surface area contributed by atoms with Gasteiger partial charge < -0.3 is 9.47 Å². The molecule has 0 aliphatic carbocycles. The molecule has 28 heavy (non-hydrogen) atoms. The minimum atomic E-state index is -0.449. The summed E-state index contributed by atoms with van der Waals surface area (Å²) in [6.07, 6.45) is 1.49. The molecule has 2 aromatic carbocycles. The van der Waals surface area contributed by atoms with Crippen LogP contribution < -0.4 is 14.9 Å². The highest BCUT2D eigenvalue weighted by Crippen LogP contribution is 2.27. The number of carbonyl (C=O) groups excluding carboxylic acids is 1. The standard InChI is InChI=1S/C20H19FN4O3/c1-3-28-18-9-4-13(10-19(18)27-2)12-22-25-20(26)17-11-16(23-24-17)14-5-7-15(21)8-6-14/h4-12H,3H2,1-2H3,(H,23,24)(H,25,26). The van der Waals surface area contributed by atoms with E-state index in [1.165, 1.54) is 18.3 Å². The predicted molar refractivity (Wildman–Crippen MR) is 103 cm³/mol. The molecule has 144 valence electrons. The molecule has 0 fully saturated rings. The van der Waals surface area contributed by atoms with Crippen molar-refractivity contribution in [2.45, 2.75) is 6.92 Å². The van der Waals surface area contributed by atoms with Gasteiger partial charge in [0.05, 0.1) is 25.6 Å². The van der Waals surface area contributed by atoms with E-state index in [2.05, 4.69) is 20.7 Å². The molecular formula is C20H19FN4O3. The van der Waals surface area contributed by atoms with Gasteiger partial charge in [-0.2, -0.15) is 10.2 Å². The average Bonchev–Trinajstić information content (AvgIpc) is 3.20. The average molecular weight is 382 g/mol. The summed E-state index contributed by atoms with van der Waals surface area (Å²) >= 11 is 0. The van der Waals surface area contributed by atoms with Crippen LogP contribution in [0.15, 0.2) is 53.6 Å². The summed E-state index contributed by atoms with van der Waals surface area (Å²) in [6.45, 7) is 2.42. The number of H-pyrrole nitrogens is 1. The lowest BCUT2D eigenvalue weighted by Crippen LogP contribution is -2.18. The molecule has 3 rings (SSSR count). The molecule has 1 aromatic heterocycles. The third-order valence-electron chi connectivity index (χ3n) is 3.83. The maximum atomic E-state index is 13.0. The van der Waals surface area contributed by atoms with Gasteiger partial charge in [-0.15, -0.1) is 0 Å². The minimum absolute atomic E-state index is 0.237. The number of hydrogen-bond donors (Lipinski definition) is 2. The number of halogens is 1. The van der Waals surface area contributed by atoms with Gasteiger partial charge in [0.15, 0.2) is 11.5 Å². The lowest BCUT2D eigenvalue weighted by Gasteiger charge is -2.09. The van der Waals surface area contributed by atoms with Gasteiger partial charge in [-0.1, -0.05) is 0 Å². The summed E-state index contributed by atoms with van der Waals surface area (Å²) < 4.78 is 23.7. The largest absolute Gasteiger partial charge is 0.493 e. The molecule has 0 atom stereocenters. The van der Waals surface area contributed by atoms with Crippen molar-refractivity contribution in [1.82, 2.24) is 15.6 Å². The van der Waals surface area contributed by atoms with Crippen LogP contribution in [0.3, 0.4) is 0 Å². The van der Waals surface area contributed by atoms with E-state index >= 15 is 0 Å². The molecule has 0 unspecified atom stereocenters. The highest BCUT2D eigenvalue weighted by atomic mass is 19.1. The Labute approximate surface area is 161 Å². The minimum Gasteiger partial charge on any atom is -0.493 e. The zero-order chi connectivity index (χ0) is 19.9. The van der Waals surface area contributed by atoms with Crippen LogP contribution in [0.25, 0.3) is 11.3 Å². The number of rotatable bonds is 7. The second-order valence-corrected chi connectivity index (χ2v) is 5.72. The summed E-state index contributed by atoms with van der Waals surface area (Å²) in [5, 5.41) is 10.6. The lowest BCUT2D eigenvalue weighted by atomic mass is 10.1. The van der Waals surface area contributed by atoms with Gasteiger partial charge in [0.1, 0.15) is 11.5 Å². The third-order valence-corrected chi connectivity index (χ3v) is 3.83. The molecule has 0 aliphatic rings. The van der Waals surface area contributed by atoms with E-state index in [4.69, 9.17) is 9.47 Å². The van der Waals surface area contributed by atoms with Crippen LogP contribution in [0.4, 0.5) is 4.39 Å². The van der Waals surface area contributed by atoms with Gasteiger partial charge in [0, 0.05) is 5.56 Å². The maximum Gasteiger partial charge on any atom is 0.289 e. The smallest absolute Gasteiger partial charge is 0.289 e. The van der Waals surface area contributed by atoms with Crippen molar-refractivity contribution in [1.29, 1.82) is 0 Å². The number of carbonyl (C=O) groups is 1. The molecule has 0 aliphatic heterocycles. The first-order chi connectivity index (χ1) is 13.6. The lowest BCUT2D eigenvalue weighted by molar-refractivity contribution is 0.0950. The maximum absolute atomic E-state index is 13.0. The van der Waals surface area contributed by atoms with Gasteiger partial charge in [-0.05, 0) is 61.0 Å². The summed E-state index contributed by atoms with van der Waals surface area (Å²) in [5.74, 6) is 0.430. The summed E-state index contributed by atoms with van der Waals surface area (Å²) in [6, 6.07) is 12.7. The van der Waals surface area contributed by atoms with Crippen LogP contribution in [-0.4, -0.2) is 36.0 Å². The number of nitrogens with zero attached hydrogens (tertiary/aromatic N) is 2. The Morgan fingerprint density at radius 2 is 2.00 bits per heavy atom. The Kier molecular flexibility index (Phi) is 6.01. The number of hydrazone groups is 1. The van der Waals surface area contributed by atoms with E-state index in [9.17, 15) is 9.18 Å². The number of benzene rings is 2. The highest BCUT2D eigenvalue weighted by Gasteiger charge is 2.10. The van der Waals surface area contributed by atoms with Gasteiger partial charge >= 0.3 is 0 Å². The fourth-order valence-corrected chi connectivity index (χ4v) is 2.47. The van der Waals surface area contributed by atoms with Gasteiger partial charge in [0.25, 0.3) is 5.91 Å². The number of aromatic nitrogens is 2. The Morgan fingerprint density at radius 1 is 1.21 bits per heavy atom. The molecule has 3 aromatic rings. The second kappa shape index (κ2) is 8.81. The van der Waals surface area contributed by atoms with Crippen molar-refractivity contribution in [3.8, 4) is 22.8 Å². The van der Waals surface area contributed by atoms with E-state index in [0.717, 1.165) is 5.56 Å². The molecule has 0 saturated heterocycles. The Hall–Kier alpha value is -3.68. The van der Waals surface area contributed by atoms with Crippen molar-refractivity contribution >= 4 is 12.1 Å². The van der Waals surface area contributed by atoms with Crippen molar-refractivity contribution in [2.24, 2.45) is 5.10 Å². The molecular weight excluding hydrogens is 363 g/mol. The number of aromatic amines is 1. The van der Waals surface area contributed by atoms with Crippen LogP contribution >= 0.6 is 0 Å². The number of ether oxygens (including phenoxy) is 2. The van der Waals surface area contributed by atoms with Crippen LogP contribution in [0.2, 0.25) is 0 Å². The van der Waals surface area contributed by atoms with E-state index in [-0.39, 0.29) is 11.5 Å². The fraction of sp³-hybridized carbons (Fsp3) is 0.150. The second-order valence-electron chi connectivity index (χ2n) is 5.72. The predicted octanol–water partition coefficient (Wildman–Crippen LogP) is 3.39. The molecule has 1 heterocycles. The van der Waals surface area contributed by atoms with Crippen LogP contribution in [0, 0.1) is 5.82 Å². The molecule has 1 amide bonds. The van der Waals surface area contributed by atoms with Crippen molar-refractivity contribution in [3.63, 3.8) is 0 Å². The number of nitrogens with one attached hydrogen (secondary N) is 2. The van der Waals surface area contributed by atoms with Crippen molar-refractivity contribution < 1.29 is 18.7 Å². The Morgan fingerprint density at radius 3 is 2.71 bits per heavy atom. The molecule has 2 N–H and O–H groups in total. The first-order valence-electron chi connectivity index (χ1n) is 8.56. The van der Waals surface area contributed by atoms with E-state index in [1.54, 1.807) is 43.5 Å². The van der Waals surface area contributed by atoms with Crippen molar-refractivity contribution in [2.75, 3.05) is 13.7 Å². The highest BCUT2D eigenvalue weighted by molar-refractivity contribution is 5.94. The Bertz CT molecular complexity index is 983. The van der Waals surface area contributed by atoms with E-state index in [1.807, 2.05) is 6.92 Å². The van der Waals surface area contributed by atoms with Gasteiger partial charge in [-0.3, -0.25) is 9.89 Å². The monoisotopic (exact) mass is 382 g/mol.